The van der Waals surface area contributed by atoms with Crippen molar-refractivity contribution in [3.05, 3.63) is 46.7 Å². The van der Waals surface area contributed by atoms with Gasteiger partial charge in [0.25, 0.3) is 0 Å². The number of nitrogens with two attached hydrogens (primary N) is 1. The van der Waals surface area contributed by atoms with Gasteiger partial charge in [0.2, 0.25) is 0 Å². The van der Waals surface area contributed by atoms with E-state index in [0.717, 1.165) is 17.7 Å². The maximum Gasteiger partial charge on any atom is 0.191 e. The summed E-state index contributed by atoms with van der Waals surface area (Å²) in [6.45, 7) is 10.4. The number of likely N-dealkylation sites (N-methyl/N-ethyl adjacent to an activating group) is 1. The van der Waals surface area contributed by atoms with E-state index < -0.39 is 11.3 Å². The van der Waals surface area contributed by atoms with Gasteiger partial charge in [-0.15, -0.1) is 0 Å². The molecule has 1 aromatic rings. The van der Waals surface area contributed by atoms with Crippen LogP contribution in [-0.2, 0) is 0 Å². The Labute approximate surface area is 189 Å². The second-order valence-corrected chi connectivity index (χ2v) is 8.33. The molecule has 0 saturated heterocycles. The summed E-state index contributed by atoms with van der Waals surface area (Å²) in [5, 5.41) is 30.3. The molecular formula is C25H29N5O2. The fraction of sp³-hybridized carbons (Fsp3) is 0.480. The molecule has 1 heterocycles. The zero-order chi connectivity index (χ0) is 23.5. The first-order valence-electron chi connectivity index (χ1n) is 11.0. The molecule has 0 amide bonds. The molecule has 32 heavy (non-hydrogen) atoms. The second-order valence-electron chi connectivity index (χ2n) is 8.33. The summed E-state index contributed by atoms with van der Waals surface area (Å²) in [7, 11) is 0. The number of benzene rings is 1. The number of fused-ring (bicyclic) bond motifs is 1. The van der Waals surface area contributed by atoms with Crippen LogP contribution in [0.1, 0.15) is 39.2 Å². The molecule has 0 saturated carbocycles. The van der Waals surface area contributed by atoms with Crippen LogP contribution in [0.25, 0.3) is 0 Å². The van der Waals surface area contributed by atoms with Crippen molar-refractivity contribution < 1.29 is 9.47 Å². The van der Waals surface area contributed by atoms with Gasteiger partial charge in [0.15, 0.2) is 16.9 Å². The summed E-state index contributed by atoms with van der Waals surface area (Å²) >= 11 is 0. The standard InChI is InChI=1S/C25H29N5O2/c1-5-30-10-9-18-19(12-26)24(29)25(14-27,15-28)23(20(18)13-30)17-7-8-21(32-16(3)4)22(11-17)31-6-2/h7-9,11,16,20,23H,5-6,10,13,29H2,1-4H3/t20-,23+/m1/s1. The van der Waals surface area contributed by atoms with Gasteiger partial charge in [0, 0.05) is 24.9 Å². The Bertz CT molecular complexity index is 1050. The lowest BCUT2D eigenvalue weighted by molar-refractivity contribution is 0.212. The largest absolute Gasteiger partial charge is 0.490 e. The number of hydrogen-bond acceptors (Lipinski definition) is 7. The molecule has 2 aliphatic rings. The molecule has 7 nitrogen and oxygen atoms in total. The van der Waals surface area contributed by atoms with Crippen molar-refractivity contribution in [3.63, 3.8) is 0 Å². The number of nitrogens with zero attached hydrogens (tertiary/aromatic N) is 4. The van der Waals surface area contributed by atoms with Gasteiger partial charge in [-0.3, -0.25) is 4.90 Å². The van der Waals surface area contributed by atoms with Gasteiger partial charge < -0.3 is 15.2 Å². The number of rotatable bonds is 6. The molecule has 1 aliphatic carbocycles. The first-order chi connectivity index (χ1) is 15.4. The Hall–Kier alpha value is -3.47. The Kier molecular flexibility index (Phi) is 6.78. The van der Waals surface area contributed by atoms with Crippen molar-refractivity contribution >= 4 is 0 Å². The van der Waals surface area contributed by atoms with Crippen LogP contribution < -0.4 is 15.2 Å². The number of allylic oxidation sites excluding steroid dienone is 2. The molecule has 1 aliphatic heterocycles. The molecule has 0 spiro atoms. The Morgan fingerprint density at radius 2 is 1.91 bits per heavy atom. The van der Waals surface area contributed by atoms with Crippen LogP contribution in [0.15, 0.2) is 41.1 Å². The van der Waals surface area contributed by atoms with Crippen molar-refractivity contribution in [2.24, 2.45) is 17.1 Å². The minimum atomic E-state index is -1.66. The summed E-state index contributed by atoms with van der Waals surface area (Å²) in [5.74, 6) is 0.390. The molecule has 166 valence electrons. The number of hydrogen-bond donors (Lipinski definition) is 1. The van der Waals surface area contributed by atoms with Gasteiger partial charge in [0.05, 0.1) is 36.1 Å². The highest BCUT2D eigenvalue weighted by atomic mass is 16.5. The highest BCUT2D eigenvalue weighted by Crippen LogP contribution is 2.54. The molecular weight excluding hydrogens is 402 g/mol. The molecule has 2 atom stereocenters. The summed E-state index contributed by atoms with van der Waals surface area (Å²) in [4.78, 5) is 2.23. The molecule has 3 rings (SSSR count). The van der Waals surface area contributed by atoms with Crippen LogP contribution in [0, 0.1) is 45.3 Å². The van der Waals surface area contributed by atoms with Crippen molar-refractivity contribution in [1.29, 1.82) is 15.8 Å². The Balaban J connectivity index is 2.26. The summed E-state index contributed by atoms with van der Waals surface area (Å²) in [5.41, 5.74) is 6.60. The molecule has 0 unspecified atom stereocenters. The topological polar surface area (TPSA) is 119 Å². The van der Waals surface area contributed by atoms with Crippen molar-refractivity contribution in [2.75, 3.05) is 26.2 Å². The predicted molar refractivity (Wildman–Crippen MR) is 120 cm³/mol. The minimum Gasteiger partial charge on any atom is -0.490 e. The molecule has 0 aromatic heterocycles. The van der Waals surface area contributed by atoms with Crippen molar-refractivity contribution in [2.45, 2.75) is 39.7 Å². The van der Waals surface area contributed by atoms with Crippen LogP contribution >= 0.6 is 0 Å². The van der Waals surface area contributed by atoms with Crippen molar-refractivity contribution in [3.8, 4) is 29.7 Å². The molecule has 0 bridgehead atoms. The highest BCUT2D eigenvalue weighted by Gasteiger charge is 2.54. The molecule has 2 N–H and O–H groups in total. The van der Waals surface area contributed by atoms with Gasteiger partial charge in [-0.05, 0) is 50.6 Å². The molecule has 1 aromatic carbocycles. The van der Waals surface area contributed by atoms with Crippen LogP contribution in [0.3, 0.4) is 0 Å². The van der Waals surface area contributed by atoms with Crippen LogP contribution in [-0.4, -0.2) is 37.2 Å². The quantitative estimate of drug-likeness (QED) is 0.730. The van der Waals surface area contributed by atoms with Gasteiger partial charge in [-0.1, -0.05) is 19.1 Å². The van der Waals surface area contributed by atoms with Gasteiger partial charge in [0.1, 0.15) is 6.07 Å². The summed E-state index contributed by atoms with van der Waals surface area (Å²) in [6.07, 6.45) is 1.98. The minimum absolute atomic E-state index is 0.0305. The monoisotopic (exact) mass is 431 g/mol. The summed E-state index contributed by atoms with van der Waals surface area (Å²) in [6, 6.07) is 12.1. The van der Waals surface area contributed by atoms with E-state index in [-0.39, 0.29) is 23.3 Å². The average Bonchev–Trinajstić information content (AvgIpc) is 2.79. The lowest BCUT2D eigenvalue weighted by Gasteiger charge is -2.45. The van der Waals surface area contributed by atoms with E-state index >= 15 is 0 Å². The van der Waals surface area contributed by atoms with E-state index in [1.165, 1.54) is 0 Å². The average molecular weight is 432 g/mol. The maximum atomic E-state index is 10.2. The van der Waals surface area contributed by atoms with Crippen LogP contribution in [0.5, 0.6) is 11.5 Å². The van der Waals surface area contributed by atoms with Crippen molar-refractivity contribution in [1.82, 2.24) is 4.90 Å². The Morgan fingerprint density at radius 1 is 1.19 bits per heavy atom. The van der Waals surface area contributed by atoms with Crippen LogP contribution in [0.4, 0.5) is 0 Å². The second kappa shape index (κ2) is 9.35. The fourth-order valence-electron chi connectivity index (χ4n) is 4.71. The van der Waals surface area contributed by atoms with E-state index in [1.54, 1.807) is 0 Å². The maximum absolute atomic E-state index is 10.2. The van der Waals surface area contributed by atoms with E-state index in [0.29, 0.717) is 31.2 Å². The van der Waals surface area contributed by atoms with E-state index in [1.807, 2.05) is 45.0 Å². The van der Waals surface area contributed by atoms with E-state index in [9.17, 15) is 15.8 Å². The van der Waals surface area contributed by atoms with E-state index in [4.69, 9.17) is 15.2 Å². The third-order valence-corrected chi connectivity index (χ3v) is 6.18. The molecule has 0 fully saturated rings. The molecule has 7 heteroatoms. The third-order valence-electron chi connectivity index (χ3n) is 6.18. The van der Waals surface area contributed by atoms with Crippen LogP contribution in [0.2, 0.25) is 0 Å². The summed E-state index contributed by atoms with van der Waals surface area (Å²) < 4.78 is 11.7. The third kappa shape index (κ3) is 3.79. The normalized spacial score (nSPS) is 22.2. The van der Waals surface area contributed by atoms with E-state index in [2.05, 4.69) is 30.0 Å². The lowest BCUT2D eigenvalue weighted by atomic mass is 9.58. The Morgan fingerprint density at radius 3 is 2.47 bits per heavy atom. The van der Waals surface area contributed by atoms with Gasteiger partial charge in [-0.25, -0.2) is 0 Å². The first kappa shape index (κ1) is 23.2. The smallest absolute Gasteiger partial charge is 0.191 e. The zero-order valence-electron chi connectivity index (χ0n) is 19.1. The lowest BCUT2D eigenvalue weighted by Crippen LogP contribution is -2.48. The first-order valence-corrected chi connectivity index (χ1v) is 11.0. The van der Waals surface area contributed by atoms with Gasteiger partial charge >= 0.3 is 0 Å². The number of ether oxygens (including phenoxy) is 2. The molecule has 0 radical (unpaired) electrons. The zero-order valence-corrected chi connectivity index (χ0v) is 19.1. The van der Waals surface area contributed by atoms with Gasteiger partial charge in [-0.2, -0.15) is 15.8 Å². The fourth-order valence-corrected chi connectivity index (χ4v) is 4.71. The highest BCUT2D eigenvalue weighted by molar-refractivity contribution is 5.60. The number of nitriles is 3. The predicted octanol–water partition coefficient (Wildman–Crippen LogP) is 3.62. The SMILES string of the molecule is CCOc1cc([C@H]2[C@@H]3CN(CC)CC=C3C(C#N)=C(N)C2(C#N)C#N)ccc1OC(C)C.